The van der Waals surface area contributed by atoms with Crippen molar-refractivity contribution in [3.63, 3.8) is 0 Å². The van der Waals surface area contributed by atoms with E-state index in [1.54, 1.807) is 12.3 Å². The monoisotopic (exact) mass is 322 g/mol. The zero-order valence-electron chi connectivity index (χ0n) is 13.4. The van der Waals surface area contributed by atoms with Crippen molar-refractivity contribution in [3.05, 3.63) is 59.7 Å². The second kappa shape index (κ2) is 5.96. The first kappa shape index (κ1) is 14.7. The lowest BCUT2D eigenvalue weighted by atomic mass is 10.1. The second-order valence-electron chi connectivity index (χ2n) is 6.02. The Kier molecular flexibility index (Phi) is 3.65. The highest BCUT2D eigenvalue weighted by Crippen LogP contribution is 2.32. The quantitative estimate of drug-likeness (QED) is 0.802. The van der Waals surface area contributed by atoms with Crippen LogP contribution in [-0.4, -0.2) is 32.5 Å². The summed E-state index contributed by atoms with van der Waals surface area (Å²) < 4.78 is 5.57. The molecule has 3 aromatic rings. The van der Waals surface area contributed by atoms with E-state index < -0.39 is 0 Å². The molecule has 0 bridgehead atoms. The number of rotatable bonds is 3. The maximum atomic E-state index is 12.9. The highest BCUT2D eigenvalue weighted by atomic mass is 16.3. The molecule has 0 aromatic carbocycles. The molecule has 3 aromatic heterocycles. The van der Waals surface area contributed by atoms with Gasteiger partial charge in [0.05, 0.1) is 6.04 Å². The summed E-state index contributed by atoms with van der Waals surface area (Å²) in [5, 5.41) is 7.07. The first-order valence-electron chi connectivity index (χ1n) is 8.05. The summed E-state index contributed by atoms with van der Waals surface area (Å²) in [7, 11) is 0. The Balaban J connectivity index is 1.58. The third-order valence-electron chi connectivity index (χ3n) is 4.39. The number of hydrogen-bond acceptors (Lipinski definition) is 4. The number of pyridine rings is 1. The third-order valence-corrected chi connectivity index (χ3v) is 4.39. The maximum absolute atomic E-state index is 12.9. The SMILES string of the molecule is Cc1ccc(-c2cc(C(=O)N3CCC[C@@H]3c3cccnc3)n[nH]2)o1. The number of hydrogen-bond donors (Lipinski definition) is 1. The van der Waals surface area contributed by atoms with Gasteiger partial charge in [-0.3, -0.25) is 14.9 Å². The van der Waals surface area contributed by atoms with Crippen molar-refractivity contribution in [3.8, 4) is 11.5 Å². The van der Waals surface area contributed by atoms with Gasteiger partial charge in [-0.2, -0.15) is 5.10 Å². The van der Waals surface area contributed by atoms with E-state index in [1.807, 2.05) is 42.3 Å². The molecule has 1 atom stereocenters. The van der Waals surface area contributed by atoms with Crippen LogP contribution in [0, 0.1) is 6.92 Å². The van der Waals surface area contributed by atoms with E-state index in [4.69, 9.17) is 4.42 Å². The molecule has 1 N–H and O–H groups in total. The number of H-pyrrole nitrogens is 1. The second-order valence-corrected chi connectivity index (χ2v) is 6.02. The molecule has 1 aliphatic rings. The fourth-order valence-corrected chi connectivity index (χ4v) is 3.21. The van der Waals surface area contributed by atoms with Gasteiger partial charge >= 0.3 is 0 Å². The van der Waals surface area contributed by atoms with Gasteiger partial charge in [-0.15, -0.1) is 0 Å². The van der Waals surface area contributed by atoms with Crippen molar-refractivity contribution < 1.29 is 9.21 Å². The van der Waals surface area contributed by atoms with Crippen molar-refractivity contribution in [2.24, 2.45) is 0 Å². The molecular formula is C18H18N4O2. The molecule has 4 heterocycles. The summed E-state index contributed by atoms with van der Waals surface area (Å²) in [6.45, 7) is 2.62. The molecule has 6 heteroatoms. The molecule has 0 radical (unpaired) electrons. The fourth-order valence-electron chi connectivity index (χ4n) is 3.21. The smallest absolute Gasteiger partial charge is 0.274 e. The summed E-state index contributed by atoms with van der Waals surface area (Å²) in [6.07, 6.45) is 5.51. The summed E-state index contributed by atoms with van der Waals surface area (Å²) in [5.41, 5.74) is 2.19. The van der Waals surface area contributed by atoms with Crippen molar-refractivity contribution in [2.45, 2.75) is 25.8 Å². The van der Waals surface area contributed by atoms with E-state index >= 15 is 0 Å². The lowest BCUT2D eigenvalue weighted by molar-refractivity contribution is 0.0729. The average molecular weight is 322 g/mol. The number of likely N-dealkylation sites (tertiary alicyclic amines) is 1. The first-order chi connectivity index (χ1) is 11.7. The van der Waals surface area contributed by atoms with Gasteiger partial charge in [0.1, 0.15) is 11.5 Å². The minimum atomic E-state index is -0.0628. The largest absolute Gasteiger partial charge is 0.460 e. The molecule has 122 valence electrons. The summed E-state index contributed by atoms with van der Waals surface area (Å²) in [6, 6.07) is 9.49. The zero-order valence-corrected chi connectivity index (χ0v) is 13.4. The molecule has 24 heavy (non-hydrogen) atoms. The van der Waals surface area contributed by atoms with Crippen LogP contribution in [0.1, 0.15) is 40.7 Å². The third kappa shape index (κ3) is 2.60. The Morgan fingerprint density at radius 1 is 1.38 bits per heavy atom. The normalized spacial score (nSPS) is 17.4. The van der Waals surface area contributed by atoms with Crippen molar-refractivity contribution in [1.29, 1.82) is 0 Å². The van der Waals surface area contributed by atoms with Gasteiger partial charge in [0.25, 0.3) is 5.91 Å². The fraction of sp³-hybridized carbons (Fsp3) is 0.278. The number of amides is 1. The number of aromatic nitrogens is 3. The van der Waals surface area contributed by atoms with E-state index in [9.17, 15) is 4.79 Å². The maximum Gasteiger partial charge on any atom is 0.274 e. The first-order valence-corrected chi connectivity index (χ1v) is 8.05. The van der Waals surface area contributed by atoms with E-state index in [1.165, 1.54) is 0 Å². The molecule has 0 spiro atoms. The Bertz CT molecular complexity index is 853. The van der Waals surface area contributed by atoms with Crippen molar-refractivity contribution in [2.75, 3.05) is 6.54 Å². The van der Waals surface area contributed by atoms with Crippen LogP contribution in [0.25, 0.3) is 11.5 Å². The molecule has 0 unspecified atom stereocenters. The van der Waals surface area contributed by atoms with Crippen LogP contribution in [0.4, 0.5) is 0 Å². The van der Waals surface area contributed by atoms with Gasteiger partial charge in [-0.05, 0) is 43.5 Å². The Morgan fingerprint density at radius 2 is 2.29 bits per heavy atom. The molecule has 4 rings (SSSR count). The Hall–Kier alpha value is -2.89. The number of aryl methyl sites for hydroxylation is 1. The highest BCUT2D eigenvalue weighted by Gasteiger charge is 2.32. The van der Waals surface area contributed by atoms with Crippen LogP contribution in [0.3, 0.4) is 0 Å². The molecule has 1 amide bonds. The number of nitrogens with zero attached hydrogens (tertiary/aromatic N) is 3. The molecular weight excluding hydrogens is 304 g/mol. The lowest BCUT2D eigenvalue weighted by Gasteiger charge is -2.23. The Labute approximate surface area is 139 Å². The summed E-state index contributed by atoms with van der Waals surface area (Å²) >= 11 is 0. The average Bonchev–Trinajstić information content (AvgIpc) is 3.35. The number of nitrogens with one attached hydrogen (secondary N) is 1. The van der Waals surface area contributed by atoms with Gasteiger partial charge < -0.3 is 9.32 Å². The molecule has 0 aliphatic carbocycles. The van der Waals surface area contributed by atoms with Gasteiger partial charge in [-0.25, -0.2) is 0 Å². The van der Waals surface area contributed by atoms with Crippen LogP contribution in [0.15, 0.2) is 47.1 Å². The minimum Gasteiger partial charge on any atom is -0.460 e. The van der Waals surface area contributed by atoms with Gasteiger partial charge in [0, 0.05) is 25.0 Å². The summed E-state index contributed by atoms with van der Waals surface area (Å²) in [4.78, 5) is 18.9. The summed E-state index contributed by atoms with van der Waals surface area (Å²) in [5.74, 6) is 1.44. The van der Waals surface area contributed by atoms with Crippen molar-refractivity contribution in [1.82, 2.24) is 20.1 Å². The molecule has 1 fully saturated rings. The molecule has 1 aliphatic heterocycles. The van der Waals surface area contributed by atoms with Gasteiger partial charge in [0.2, 0.25) is 0 Å². The zero-order chi connectivity index (χ0) is 16.5. The number of carbonyl (C=O) groups is 1. The van der Waals surface area contributed by atoms with E-state index in [0.717, 1.165) is 30.7 Å². The Morgan fingerprint density at radius 3 is 3.04 bits per heavy atom. The van der Waals surface area contributed by atoms with Crippen LogP contribution in [-0.2, 0) is 0 Å². The minimum absolute atomic E-state index is 0.0628. The predicted molar refractivity (Wildman–Crippen MR) is 88.3 cm³/mol. The van der Waals surface area contributed by atoms with Crippen LogP contribution in [0.5, 0.6) is 0 Å². The van der Waals surface area contributed by atoms with Crippen LogP contribution >= 0.6 is 0 Å². The van der Waals surface area contributed by atoms with Crippen LogP contribution in [0.2, 0.25) is 0 Å². The molecule has 1 saturated heterocycles. The van der Waals surface area contributed by atoms with Gasteiger partial charge in [-0.1, -0.05) is 6.07 Å². The highest BCUT2D eigenvalue weighted by molar-refractivity contribution is 5.93. The number of furan rings is 1. The van der Waals surface area contributed by atoms with E-state index in [-0.39, 0.29) is 11.9 Å². The van der Waals surface area contributed by atoms with E-state index in [2.05, 4.69) is 15.2 Å². The van der Waals surface area contributed by atoms with Crippen LogP contribution < -0.4 is 0 Å². The van der Waals surface area contributed by atoms with E-state index in [0.29, 0.717) is 17.1 Å². The van der Waals surface area contributed by atoms with Crippen molar-refractivity contribution >= 4 is 5.91 Å². The number of aromatic amines is 1. The topological polar surface area (TPSA) is 75.0 Å². The number of carbonyl (C=O) groups excluding carboxylic acids is 1. The molecule has 6 nitrogen and oxygen atoms in total. The predicted octanol–water partition coefficient (Wildman–Crippen LogP) is 3.35. The van der Waals surface area contributed by atoms with Gasteiger partial charge in [0.15, 0.2) is 11.5 Å². The lowest BCUT2D eigenvalue weighted by Crippen LogP contribution is -2.30. The standard InChI is InChI=1S/C18H18N4O2/c1-12-6-7-17(24-12)14-10-15(21-20-14)18(23)22-9-3-5-16(22)13-4-2-8-19-11-13/h2,4,6-8,10-11,16H,3,5,9H2,1H3,(H,20,21)/t16-/m1/s1. The molecule has 0 saturated carbocycles.